The maximum atomic E-state index is 12.2. The number of alkyl halides is 3. The zero-order chi connectivity index (χ0) is 20.4. The molecule has 0 heterocycles. The summed E-state index contributed by atoms with van der Waals surface area (Å²) in [5.74, 6) is 0.254. The Morgan fingerprint density at radius 3 is 2.54 bits per heavy atom. The summed E-state index contributed by atoms with van der Waals surface area (Å²) in [7, 11) is 0. The molecule has 1 aromatic carbocycles. The van der Waals surface area contributed by atoms with Gasteiger partial charge in [-0.1, -0.05) is 24.6 Å². The van der Waals surface area contributed by atoms with E-state index in [4.69, 9.17) is 4.74 Å². The highest BCUT2D eigenvalue weighted by Crippen LogP contribution is 2.25. The Morgan fingerprint density at radius 2 is 1.82 bits per heavy atom. The van der Waals surface area contributed by atoms with E-state index >= 15 is 0 Å². The van der Waals surface area contributed by atoms with Crippen LogP contribution in [0.3, 0.4) is 0 Å². The molecule has 1 aromatic rings. The van der Waals surface area contributed by atoms with Gasteiger partial charge in [0.25, 0.3) is 0 Å². The zero-order valence-corrected chi connectivity index (χ0v) is 15.8. The molecule has 1 aliphatic carbocycles. The van der Waals surface area contributed by atoms with Crippen LogP contribution < -0.4 is 15.4 Å². The van der Waals surface area contributed by atoms with Crippen LogP contribution in [0.5, 0.6) is 5.75 Å². The molecule has 28 heavy (non-hydrogen) atoms. The van der Waals surface area contributed by atoms with Crippen LogP contribution in [0, 0.1) is 5.92 Å². The van der Waals surface area contributed by atoms with Crippen LogP contribution in [-0.2, 0) is 9.59 Å². The summed E-state index contributed by atoms with van der Waals surface area (Å²) < 4.78 is 42.1. The Labute approximate surface area is 163 Å². The molecule has 1 saturated carbocycles. The molecule has 0 bridgehead atoms. The summed E-state index contributed by atoms with van der Waals surface area (Å²) in [5.41, 5.74) is 0. The minimum atomic E-state index is -4.32. The number of carbonyl (C=O) groups is 2. The summed E-state index contributed by atoms with van der Waals surface area (Å²) in [6.07, 6.45) is -2.48. The van der Waals surface area contributed by atoms with Crippen molar-refractivity contribution in [3.05, 3.63) is 30.3 Å². The number of hydrogen-bond donors (Lipinski definition) is 2. The van der Waals surface area contributed by atoms with E-state index in [1.165, 1.54) is 0 Å². The van der Waals surface area contributed by atoms with Crippen molar-refractivity contribution in [2.24, 2.45) is 5.92 Å². The van der Waals surface area contributed by atoms with Crippen molar-refractivity contribution in [1.29, 1.82) is 0 Å². The average Bonchev–Trinajstić information content (AvgIpc) is 2.65. The highest BCUT2D eigenvalue weighted by molar-refractivity contribution is 5.76. The molecule has 0 unspecified atom stereocenters. The van der Waals surface area contributed by atoms with Crippen LogP contribution in [0.2, 0.25) is 0 Å². The lowest BCUT2D eigenvalue weighted by atomic mass is 9.85. The van der Waals surface area contributed by atoms with Crippen LogP contribution >= 0.6 is 0 Å². The summed E-state index contributed by atoms with van der Waals surface area (Å²) in [6, 6.07) is 9.12. The molecule has 0 aliphatic heterocycles. The molecule has 1 aliphatic rings. The summed E-state index contributed by atoms with van der Waals surface area (Å²) in [4.78, 5) is 23.6. The summed E-state index contributed by atoms with van der Waals surface area (Å²) in [6.45, 7) is 0.789. The molecule has 0 aromatic heterocycles. The Morgan fingerprint density at radius 1 is 1.07 bits per heavy atom. The van der Waals surface area contributed by atoms with Gasteiger partial charge in [-0.25, -0.2) is 0 Å². The molecule has 0 radical (unpaired) electrons. The predicted molar refractivity (Wildman–Crippen MR) is 98.7 cm³/mol. The number of rotatable bonds is 9. The van der Waals surface area contributed by atoms with Crippen molar-refractivity contribution < 1.29 is 27.5 Å². The van der Waals surface area contributed by atoms with Gasteiger partial charge in [-0.3, -0.25) is 9.59 Å². The monoisotopic (exact) mass is 400 g/mol. The quantitative estimate of drug-likeness (QED) is 0.666. The van der Waals surface area contributed by atoms with Gasteiger partial charge < -0.3 is 15.4 Å². The van der Waals surface area contributed by atoms with Gasteiger partial charge in [-0.2, -0.15) is 13.2 Å². The van der Waals surface area contributed by atoms with E-state index in [-0.39, 0.29) is 24.3 Å². The van der Waals surface area contributed by atoms with Crippen molar-refractivity contribution >= 4 is 11.8 Å². The maximum Gasteiger partial charge on any atom is 0.389 e. The summed E-state index contributed by atoms with van der Waals surface area (Å²) in [5, 5.41) is 5.57. The normalized spacial score (nSPS) is 19.7. The van der Waals surface area contributed by atoms with E-state index in [1.54, 1.807) is 0 Å². The van der Waals surface area contributed by atoms with Gasteiger partial charge in [0.15, 0.2) is 0 Å². The summed E-state index contributed by atoms with van der Waals surface area (Å²) >= 11 is 0. The highest BCUT2D eigenvalue weighted by Gasteiger charge is 2.29. The van der Waals surface area contributed by atoms with Crippen LogP contribution in [0.4, 0.5) is 13.2 Å². The molecular formula is C20H27F3N2O3. The second-order valence-electron chi connectivity index (χ2n) is 7.13. The fraction of sp³-hybridized carbons (Fsp3) is 0.600. The van der Waals surface area contributed by atoms with Gasteiger partial charge in [0.05, 0.1) is 19.4 Å². The number of hydrogen-bond acceptors (Lipinski definition) is 3. The third kappa shape index (κ3) is 9.10. The third-order valence-electron chi connectivity index (χ3n) is 4.71. The minimum Gasteiger partial charge on any atom is -0.493 e. The van der Waals surface area contributed by atoms with Crippen molar-refractivity contribution in [2.45, 2.75) is 57.2 Å². The zero-order valence-electron chi connectivity index (χ0n) is 15.8. The first-order valence-electron chi connectivity index (χ1n) is 9.62. The van der Waals surface area contributed by atoms with E-state index in [0.29, 0.717) is 25.3 Å². The molecule has 2 amide bonds. The van der Waals surface area contributed by atoms with Crippen molar-refractivity contribution in [3.8, 4) is 5.75 Å². The minimum absolute atomic E-state index is 0.104. The fourth-order valence-electron chi connectivity index (χ4n) is 3.29. The largest absolute Gasteiger partial charge is 0.493 e. The smallest absolute Gasteiger partial charge is 0.389 e. The molecule has 2 rings (SSSR count). The highest BCUT2D eigenvalue weighted by atomic mass is 19.4. The van der Waals surface area contributed by atoms with Crippen molar-refractivity contribution in [1.82, 2.24) is 10.6 Å². The van der Waals surface area contributed by atoms with Crippen LogP contribution in [0.1, 0.15) is 44.9 Å². The molecule has 2 atom stereocenters. The standard InChI is InChI=1S/C20H27F3N2O3/c21-20(22,23)11-9-19(27)25-16-6-4-5-15(13-16)14-24-18(26)10-12-28-17-7-2-1-3-8-17/h1-3,7-8,15-16H,4-6,9-14H2,(H,24,26)(H,25,27)/t15-,16+/m1/s1. The second-order valence-corrected chi connectivity index (χ2v) is 7.13. The number of carbonyl (C=O) groups excluding carboxylic acids is 2. The van der Waals surface area contributed by atoms with Crippen molar-refractivity contribution in [2.75, 3.05) is 13.2 Å². The fourth-order valence-corrected chi connectivity index (χ4v) is 3.29. The van der Waals surface area contributed by atoms with Crippen LogP contribution in [-0.4, -0.2) is 37.2 Å². The lowest BCUT2D eigenvalue weighted by molar-refractivity contribution is -0.144. The predicted octanol–water partition coefficient (Wildman–Crippen LogP) is 3.59. The van der Waals surface area contributed by atoms with E-state index in [1.807, 2.05) is 30.3 Å². The molecule has 5 nitrogen and oxygen atoms in total. The topological polar surface area (TPSA) is 67.4 Å². The number of ether oxygens (including phenoxy) is 1. The molecular weight excluding hydrogens is 373 g/mol. The number of amides is 2. The lowest BCUT2D eigenvalue weighted by Gasteiger charge is -2.30. The number of nitrogens with one attached hydrogen (secondary N) is 2. The van der Waals surface area contributed by atoms with Crippen LogP contribution in [0.15, 0.2) is 30.3 Å². The first-order chi connectivity index (χ1) is 13.3. The van der Waals surface area contributed by atoms with Gasteiger partial charge in [-0.05, 0) is 37.3 Å². The van der Waals surface area contributed by atoms with E-state index in [2.05, 4.69) is 10.6 Å². The lowest BCUT2D eigenvalue weighted by Crippen LogP contribution is -2.41. The van der Waals surface area contributed by atoms with E-state index in [9.17, 15) is 22.8 Å². The van der Waals surface area contributed by atoms with Gasteiger partial charge >= 0.3 is 6.18 Å². The Balaban J connectivity index is 1.61. The average molecular weight is 400 g/mol. The first kappa shape index (κ1) is 22.0. The second kappa shape index (κ2) is 10.9. The van der Waals surface area contributed by atoms with Crippen molar-refractivity contribution in [3.63, 3.8) is 0 Å². The molecule has 8 heteroatoms. The third-order valence-corrected chi connectivity index (χ3v) is 4.71. The SMILES string of the molecule is O=C(CCOc1ccccc1)NC[C@@H]1CCC[C@H](NC(=O)CCC(F)(F)F)C1. The van der Waals surface area contributed by atoms with Gasteiger partial charge in [-0.15, -0.1) is 0 Å². The van der Waals surface area contributed by atoms with Gasteiger partial charge in [0.1, 0.15) is 5.75 Å². The molecule has 0 spiro atoms. The Hall–Kier alpha value is -2.25. The van der Waals surface area contributed by atoms with Gasteiger partial charge in [0, 0.05) is 19.0 Å². The maximum absolute atomic E-state index is 12.2. The molecule has 2 N–H and O–H groups in total. The Kier molecular flexibility index (Phi) is 8.60. The Bertz CT molecular complexity index is 623. The molecule has 1 fully saturated rings. The number of para-hydroxylation sites is 1. The number of halogens is 3. The molecule has 156 valence electrons. The van der Waals surface area contributed by atoms with Crippen LogP contribution in [0.25, 0.3) is 0 Å². The van der Waals surface area contributed by atoms with E-state index in [0.717, 1.165) is 19.3 Å². The van der Waals surface area contributed by atoms with Gasteiger partial charge in [0.2, 0.25) is 11.8 Å². The first-order valence-corrected chi connectivity index (χ1v) is 9.62. The van der Waals surface area contributed by atoms with E-state index < -0.39 is 24.9 Å². The molecule has 0 saturated heterocycles. The number of benzene rings is 1.